The largest absolute Gasteiger partial charge is 0.449 e. The second-order valence-corrected chi connectivity index (χ2v) is 7.32. The van der Waals surface area contributed by atoms with Gasteiger partial charge in [-0.1, -0.05) is 12.1 Å². The first-order valence-corrected chi connectivity index (χ1v) is 8.90. The fraction of sp³-hybridized carbons (Fsp3) is 0.412. The lowest BCUT2D eigenvalue weighted by Gasteiger charge is -2.21. The molecule has 8 nitrogen and oxygen atoms in total. The van der Waals surface area contributed by atoms with Gasteiger partial charge in [0.2, 0.25) is 0 Å². The number of likely N-dealkylation sites (N-methyl/N-ethyl adjacent to an activating group) is 1. The lowest BCUT2D eigenvalue weighted by Crippen LogP contribution is -2.46. The molecule has 9 heteroatoms. The minimum atomic E-state index is -1.06. The Bertz CT molecular complexity index is 752. The molecule has 1 aliphatic heterocycles. The van der Waals surface area contributed by atoms with Crippen molar-refractivity contribution in [1.29, 1.82) is 0 Å². The van der Waals surface area contributed by atoms with Gasteiger partial charge >= 0.3 is 12.0 Å². The number of carbonyl (C=O) groups is 4. The summed E-state index contributed by atoms with van der Waals surface area (Å²) in [6, 6.07) is 6.21. The van der Waals surface area contributed by atoms with E-state index < -0.39 is 29.6 Å². The zero-order chi connectivity index (χ0) is 19.5. The maximum atomic E-state index is 12.4. The number of esters is 1. The topological polar surface area (TPSA) is 105 Å². The molecule has 4 amide bonds. The van der Waals surface area contributed by atoms with Crippen LogP contribution in [0.3, 0.4) is 0 Å². The van der Waals surface area contributed by atoms with E-state index >= 15 is 0 Å². The molecule has 0 unspecified atom stereocenters. The number of nitrogens with one attached hydrogen (secondary N) is 2. The molecule has 2 atom stereocenters. The summed E-state index contributed by atoms with van der Waals surface area (Å²) in [6.07, 6.45) is -0.909. The van der Waals surface area contributed by atoms with Crippen LogP contribution in [0.2, 0.25) is 0 Å². The number of urea groups is 1. The predicted molar refractivity (Wildman–Crippen MR) is 95.8 cm³/mol. The SMILES string of the molecule is C[C@H](OC(=O)c1ccccc1SC[C@@]1(C)NC(=O)NC1=O)C(=O)N(C)C. The quantitative estimate of drug-likeness (QED) is 0.434. The van der Waals surface area contributed by atoms with E-state index in [0.29, 0.717) is 10.5 Å². The van der Waals surface area contributed by atoms with E-state index in [9.17, 15) is 19.2 Å². The molecule has 26 heavy (non-hydrogen) atoms. The van der Waals surface area contributed by atoms with Crippen LogP contribution < -0.4 is 10.6 Å². The number of rotatable bonds is 6. The Balaban J connectivity index is 2.10. The summed E-state index contributed by atoms with van der Waals surface area (Å²) in [5, 5.41) is 4.77. The van der Waals surface area contributed by atoms with Crippen LogP contribution in [0.15, 0.2) is 29.2 Å². The highest BCUT2D eigenvalue weighted by Crippen LogP contribution is 2.28. The van der Waals surface area contributed by atoms with Crippen LogP contribution in [0.5, 0.6) is 0 Å². The maximum absolute atomic E-state index is 12.4. The third-order valence-corrected chi connectivity index (χ3v) is 5.20. The third-order valence-electron chi connectivity index (χ3n) is 3.81. The fourth-order valence-corrected chi connectivity index (χ4v) is 3.43. The Morgan fingerprint density at radius 1 is 1.27 bits per heavy atom. The first-order valence-electron chi connectivity index (χ1n) is 7.91. The Kier molecular flexibility index (Phi) is 5.91. The summed E-state index contributed by atoms with van der Waals surface area (Å²) in [7, 11) is 3.16. The minimum absolute atomic E-state index is 0.237. The Hall–Kier alpha value is -2.55. The zero-order valence-electron chi connectivity index (χ0n) is 15.0. The molecule has 0 spiro atoms. The Morgan fingerprint density at radius 3 is 2.50 bits per heavy atom. The van der Waals surface area contributed by atoms with Crippen molar-refractivity contribution in [2.24, 2.45) is 0 Å². The van der Waals surface area contributed by atoms with E-state index in [2.05, 4.69) is 10.6 Å². The Labute approximate surface area is 155 Å². The molecule has 1 heterocycles. The number of ether oxygens (including phenoxy) is 1. The molecule has 0 bridgehead atoms. The molecule has 1 aromatic carbocycles. The lowest BCUT2D eigenvalue weighted by molar-refractivity contribution is -0.137. The summed E-state index contributed by atoms with van der Waals surface area (Å²) in [6.45, 7) is 3.12. The summed E-state index contributed by atoms with van der Waals surface area (Å²) in [4.78, 5) is 49.5. The molecular weight excluding hydrogens is 358 g/mol. The highest BCUT2D eigenvalue weighted by atomic mass is 32.2. The number of hydrogen-bond acceptors (Lipinski definition) is 6. The number of carbonyl (C=O) groups excluding carboxylic acids is 4. The molecule has 140 valence electrons. The maximum Gasteiger partial charge on any atom is 0.340 e. The van der Waals surface area contributed by atoms with Crippen LogP contribution in [-0.4, -0.2) is 60.2 Å². The predicted octanol–water partition coefficient (Wildman–Crippen LogP) is 1.01. The van der Waals surface area contributed by atoms with Crippen molar-refractivity contribution in [2.45, 2.75) is 30.4 Å². The highest BCUT2D eigenvalue weighted by Gasteiger charge is 2.42. The van der Waals surface area contributed by atoms with Gasteiger partial charge in [-0.15, -0.1) is 11.8 Å². The number of imide groups is 1. The van der Waals surface area contributed by atoms with Gasteiger partial charge in [-0.25, -0.2) is 9.59 Å². The minimum Gasteiger partial charge on any atom is -0.449 e. The highest BCUT2D eigenvalue weighted by molar-refractivity contribution is 7.99. The Morgan fingerprint density at radius 2 is 1.92 bits per heavy atom. The van der Waals surface area contributed by atoms with Crippen LogP contribution in [0, 0.1) is 0 Å². The van der Waals surface area contributed by atoms with Crippen LogP contribution in [-0.2, 0) is 14.3 Å². The van der Waals surface area contributed by atoms with E-state index in [1.807, 2.05) is 0 Å². The van der Waals surface area contributed by atoms with Crippen molar-refractivity contribution in [1.82, 2.24) is 15.5 Å². The monoisotopic (exact) mass is 379 g/mol. The first kappa shape index (κ1) is 19.8. The van der Waals surface area contributed by atoms with E-state index in [4.69, 9.17) is 4.74 Å². The molecule has 1 saturated heterocycles. The molecule has 1 aromatic rings. The van der Waals surface area contributed by atoms with Gasteiger partial charge in [-0.3, -0.25) is 14.9 Å². The molecule has 0 aliphatic carbocycles. The van der Waals surface area contributed by atoms with Gasteiger partial charge in [0.05, 0.1) is 5.56 Å². The van der Waals surface area contributed by atoms with E-state index in [0.717, 1.165) is 0 Å². The van der Waals surface area contributed by atoms with Gasteiger partial charge in [0.25, 0.3) is 11.8 Å². The molecular formula is C17H21N3O5S. The number of hydrogen-bond donors (Lipinski definition) is 2. The first-order chi connectivity index (χ1) is 12.1. The van der Waals surface area contributed by atoms with Crippen LogP contribution in [0.25, 0.3) is 0 Å². The van der Waals surface area contributed by atoms with Crippen molar-refractivity contribution < 1.29 is 23.9 Å². The van der Waals surface area contributed by atoms with Crippen molar-refractivity contribution in [2.75, 3.05) is 19.8 Å². The molecule has 2 N–H and O–H groups in total. The van der Waals surface area contributed by atoms with Crippen molar-refractivity contribution in [3.63, 3.8) is 0 Å². The molecule has 2 rings (SSSR count). The van der Waals surface area contributed by atoms with Crippen LogP contribution in [0.1, 0.15) is 24.2 Å². The molecule has 1 fully saturated rings. The normalized spacial score (nSPS) is 20.2. The van der Waals surface area contributed by atoms with Gasteiger partial charge in [0.15, 0.2) is 6.10 Å². The average Bonchev–Trinajstić information content (AvgIpc) is 2.84. The van der Waals surface area contributed by atoms with Gasteiger partial charge in [-0.05, 0) is 26.0 Å². The van der Waals surface area contributed by atoms with Gasteiger partial charge in [0.1, 0.15) is 5.54 Å². The summed E-state index contributed by atoms with van der Waals surface area (Å²) >= 11 is 1.25. The molecule has 1 aliphatic rings. The lowest BCUT2D eigenvalue weighted by atomic mass is 10.1. The second kappa shape index (κ2) is 7.77. The van der Waals surface area contributed by atoms with Crippen LogP contribution in [0.4, 0.5) is 4.79 Å². The number of amides is 4. The fourth-order valence-electron chi connectivity index (χ4n) is 2.30. The molecule has 0 radical (unpaired) electrons. The molecule has 0 saturated carbocycles. The average molecular weight is 379 g/mol. The van der Waals surface area contributed by atoms with Crippen molar-refractivity contribution >= 4 is 35.6 Å². The summed E-state index contributed by atoms with van der Waals surface area (Å²) < 4.78 is 5.24. The number of thioether (sulfide) groups is 1. The summed E-state index contributed by atoms with van der Waals surface area (Å²) in [5.41, 5.74) is -0.767. The van der Waals surface area contributed by atoms with Gasteiger partial charge < -0.3 is 15.0 Å². The van der Waals surface area contributed by atoms with E-state index in [1.54, 1.807) is 45.3 Å². The van der Waals surface area contributed by atoms with E-state index in [1.165, 1.54) is 23.6 Å². The van der Waals surface area contributed by atoms with Crippen LogP contribution >= 0.6 is 11.8 Å². The van der Waals surface area contributed by atoms with Crippen molar-refractivity contribution in [3.8, 4) is 0 Å². The number of benzene rings is 1. The zero-order valence-corrected chi connectivity index (χ0v) is 15.8. The molecule has 0 aromatic heterocycles. The van der Waals surface area contributed by atoms with E-state index in [-0.39, 0.29) is 11.7 Å². The smallest absolute Gasteiger partial charge is 0.340 e. The van der Waals surface area contributed by atoms with Gasteiger partial charge in [0, 0.05) is 24.7 Å². The number of nitrogens with zero attached hydrogens (tertiary/aromatic N) is 1. The van der Waals surface area contributed by atoms with Crippen molar-refractivity contribution in [3.05, 3.63) is 29.8 Å². The summed E-state index contributed by atoms with van der Waals surface area (Å²) in [5.74, 6) is -1.12. The third kappa shape index (κ3) is 4.34. The van der Waals surface area contributed by atoms with Gasteiger partial charge in [-0.2, -0.15) is 0 Å². The standard InChI is InChI=1S/C17H21N3O5S/c1-10(13(21)20(3)4)25-14(22)11-7-5-6-8-12(11)26-9-17(2)15(23)18-16(24)19-17/h5-8,10H,9H2,1-4H3,(H2,18,19,23,24)/t10-,17+/m0/s1. The second-order valence-electron chi connectivity index (χ2n) is 6.31.